The highest BCUT2D eigenvalue weighted by Gasteiger charge is 2.48. The second-order valence-electron chi connectivity index (χ2n) is 12.7. The first-order valence-electron chi connectivity index (χ1n) is 16.1. The van der Waals surface area contributed by atoms with Crippen LogP contribution < -0.4 is 4.74 Å². The van der Waals surface area contributed by atoms with Gasteiger partial charge in [0.15, 0.2) is 5.60 Å². The van der Waals surface area contributed by atoms with Crippen molar-refractivity contribution >= 4 is 16.8 Å². The highest BCUT2D eigenvalue weighted by Crippen LogP contribution is 2.62. The van der Waals surface area contributed by atoms with Crippen LogP contribution in [0.2, 0.25) is 0 Å². The molecule has 1 heterocycles. The van der Waals surface area contributed by atoms with Gasteiger partial charge in [-0.1, -0.05) is 159 Å². The Morgan fingerprint density at radius 1 is 0.523 bits per heavy atom. The van der Waals surface area contributed by atoms with Crippen LogP contribution in [0.1, 0.15) is 59.9 Å². The average molecular weight is 567 g/mol. The number of hydrogen-bond acceptors (Lipinski definition) is 1. The predicted molar refractivity (Wildman–Crippen MR) is 182 cm³/mol. The van der Waals surface area contributed by atoms with Gasteiger partial charge in [-0.2, -0.15) is 0 Å². The topological polar surface area (TPSA) is 9.23 Å². The van der Waals surface area contributed by atoms with Gasteiger partial charge in [0.05, 0.1) is 0 Å². The fraction of sp³-hybridized carbons (Fsp3) is 0.163. The van der Waals surface area contributed by atoms with Gasteiger partial charge < -0.3 is 4.74 Å². The predicted octanol–water partition coefficient (Wildman–Crippen LogP) is 11.1. The highest BCUT2D eigenvalue weighted by atomic mass is 16.5. The van der Waals surface area contributed by atoms with Gasteiger partial charge in [-0.3, -0.25) is 0 Å². The molecule has 1 nitrogen and oxygen atoms in total. The molecule has 1 atom stereocenters. The lowest BCUT2D eigenvalue weighted by atomic mass is 9.66. The minimum Gasteiger partial charge on any atom is -0.472 e. The van der Waals surface area contributed by atoms with Crippen molar-refractivity contribution in [2.75, 3.05) is 0 Å². The Morgan fingerprint density at radius 3 is 1.91 bits per heavy atom. The summed E-state index contributed by atoms with van der Waals surface area (Å²) < 4.78 is 7.52. The van der Waals surface area contributed by atoms with E-state index < -0.39 is 5.60 Å². The Balaban J connectivity index is 1.30. The molecular formula is C43H34O. The van der Waals surface area contributed by atoms with Crippen molar-refractivity contribution in [1.82, 2.24) is 0 Å². The Labute approximate surface area is 259 Å². The molecule has 0 radical (unpaired) electrons. The molecule has 1 unspecified atom stereocenters. The summed E-state index contributed by atoms with van der Waals surface area (Å²) in [5.74, 6) is 1.01. The Bertz CT molecular complexity index is 2050. The van der Waals surface area contributed by atoms with Gasteiger partial charge in [-0.15, -0.1) is 0 Å². The molecule has 1 saturated carbocycles. The third kappa shape index (κ3) is 3.59. The lowest BCUT2D eigenvalue weighted by molar-refractivity contribution is 0.163. The SMILES string of the molecule is C1=CC(c2ccccc2)(c2ccc(-c3ccccc3)cc2)Oc2c1c1c(c3ccccc23)-c2ccccc2C12CCCCC2. The van der Waals surface area contributed by atoms with Crippen LogP contribution in [-0.4, -0.2) is 0 Å². The number of hydrogen-bond donors (Lipinski definition) is 0. The van der Waals surface area contributed by atoms with Crippen molar-refractivity contribution in [2.45, 2.75) is 43.1 Å². The number of fused-ring (bicyclic) bond motifs is 10. The first kappa shape index (κ1) is 25.6. The zero-order valence-corrected chi connectivity index (χ0v) is 24.8. The maximum absolute atomic E-state index is 7.52. The zero-order chi connectivity index (χ0) is 29.1. The van der Waals surface area contributed by atoms with Gasteiger partial charge in [0.25, 0.3) is 0 Å². The lowest BCUT2D eigenvalue weighted by Crippen LogP contribution is -2.35. The van der Waals surface area contributed by atoms with Crippen LogP contribution in [-0.2, 0) is 11.0 Å². The fourth-order valence-electron chi connectivity index (χ4n) is 8.50. The minimum atomic E-state index is -0.744. The van der Waals surface area contributed by atoms with Gasteiger partial charge in [-0.25, -0.2) is 0 Å². The summed E-state index contributed by atoms with van der Waals surface area (Å²) in [7, 11) is 0. The van der Waals surface area contributed by atoms with Gasteiger partial charge in [0, 0.05) is 27.5 Å². The van der Waals surface area contributed by atoms with Gasteiger partial charge in [-0.05, 0) is 57.7 Å². The van der Waals surface area contributed by atoms with Crippen LogP contribution in [0.15, 0.2) is 140 Å². The molecule has 1 heteroatoms. The van der Waals surface area contributed by atoms with Gasteiger partial charge >= 0.3 is 0 Å². The highest BCUT2D eigenvalue weighted by molar-refractivity contribution is 6.08. The summed E-state index contributed by atoms with van der Waals surface area (Å²) in [6, 6.07) is 48.4. The summed E-state index contributed by atoms with van der Waals surface area (Å²) in [6.07, 6.45) is 11.0. The van der Waals surface area contributed by atoms with E-state index >= 15 is 0 Å². The summed E-state index contributed by atoms with van der Waals surface area (Å²) in [4.78, 5) is 0. The molecule has 0 saturated heterocycles. The van der Waals surface area contributed by atoms with Gasteiger partial charge in [0.1, 0.15) is 5.75 Å². The van der Waals surface area contributed by atoms with Crippen LogP contribution in [0, 0.1) is 0 Å². The van der Waals surface area contributed by atoms with E-state index in [-0.39, 0.29) is 5.41 Å². The maximum Gasteiger partial charge on any atom is 0.178 e. The smallest absolute Gasteiger partial charge is 0.178 e. The van der Waals surface area contributed by atoms with E-state index in [4.69, 9.17) is 4.74 Å². The maximum atomic E-state index is 7.52. The first-order chi connectivity index (χ1) is 21.8. The second kappa shape index (κ2) is 9.82. The molecule has 0 amide bonds. The first-order valence-corrected chi connectivity index (χ1v) is 16.1. The lowest BCUT2D eigenvalue weighted by Gasteiger charge is -2.41. The molecule has 2 aliphatic carbocycles. The monoisotopic (exact) mass is 566 g/mol. The number of rotatable bonds is 3. The molecule has 0 N–H and O–H groups in total. The molecule has 44 heavy (non-hydrogen) atoms. The third-order valence-corrected chi connectivity index (χ3v) is 10.5. The number of ether oxygens (including phenoxy) is 1. The largest absolute Gasteiger partial charge is 0.472 e. The zero-order valence-electron chi connectivity index (χ0n) is 24.8. The standard InChI is InChI=1S/C43H34O/c1-4-14-30(15-5-1)31-22-24-33(25-23-31)43(32-16-6-2-7-17-32)29-26-37-40-39(34-18-8-9-19-35(34)41(37)44-43)36-20-10-11-21-38(36)42(40)27-12-3-13-28-42/h1-2,4-11,14-26,29H,3,12-13,27-28H2. The van der Waals surface area contributed by atoms with Crippen LogP contribution in [0.3, 0.4) is 0 Å². The summed E-state index contributed by atoms with van der Waals surface area (Å²) in [5.41, 5.74) is 11.1. The molecular weight excluding hydrogens is 532 g/mol. The van der Waals surface area contributed by atoms with E-state index in [1.165, 1.54) is 81.8 Å². The normalized spacial score (nSPS) is 19.3. The van der Waals surface area contributed by atoms with Crippen molar-refractivity contribution in [1.29, 1.82) is 0 Å². The Kier molecular flexibility index (Phi) is 5.72. The van der Waals surface area contributed by atoms with Crippen LogP contribution in [0.4, 0.5) is 0 Å². The van der Waals surface area contributed by atoms with E-state index in [0.29, 0.717) is 0 Å². The molecule has 212 valence electrons. The van der Waals surface area contributed by atoms with Crippen LogP contribution in [0.25, 0.3) is 39.1 Å². The van der Waals surface area contributed by atoms with E-state index in [0.717, 1.165) is 16.9 Å². The molecule has 1 fully saturated rings. The Morgan fingerprint density at radius 2 is 1.14 bits per heavy atom. The number of benzene rings is 6. The van der Waals surface area contributed by atoms with Crippen molar-refractivity contribution in [2.24, 2.45) is 0 Å². The molecule has 1 spiro atoms. The molecule has 0 bridgehead atoms. The van der Waals surface area contributed by atoms with Crippen molar-refractivity contribution in [3.8, 4) is 28.0 Å². The van der Waals surface area contributed by atoms with Crippen LogP contribution in [0.5, 0.6) is 5.75 Å². The minimum absolute atomic E-state index is 0.0378. The quantitative estimate of drug-likeness (QED) is 0.207. The van der Waals surface area contributed by atoms with Crippen LogP contribution >= 0.6 is 0 Å². The summed E-state index contributed by atoms with van der Waals surface area (Å²) in [5, 5.41) is 2.49. The second-order valence-corrected chi connectivity index (χ2v) is 12.7. The van der Waals surface area contributed by atoms with E-state index in [1.807, 2.05) is 0 Å². The molecule has 9 rings (SSSR count). The Hall–Kier alpha value is -4.88. The van der Waals surface area contributed by atoms with E-state index in [2.05, 4.69) is 146 Å². The fourth-order valence-corrected chi connectivity index (χ4v) is 8.50. The van der Waals surface area contributed by atoms with E-state index in [9.17, 15) is 0 Å². The van der Waals surface area contributed by atoms with Gasteiger partial charge in [0.2, 0.25) is 0 Å². The van der Waals surface area contributed by atoms with Crippen molar-refractivity contribution in [3.63, 3.8) is 0 Å². The summed E-state index contributed by atoms with van der Waals surface area (Å²) in [6.45, 7) is 0. The molecule has 3 aliphatic rings. The van der Waals surface area contributed by atoms with E-state index in [1.54, 1.807) is 0 Å². The molecule has 6 aromatic rings. The van der Waals surface area contributed by atoms with Crippen molar-refractivity contribution < 1.29 is 4.74 Å². The third-order valence-electron chi connectivity index (χ3n) is 10.5. The molecule has 0 aromatic heterocycles. The average Bonchev–Trinajstić information content (AvgIpc) is 3.39. The summed E-state index contributed by atoms with van der Waals surface area (Å²) >= 11 is 0. The van der Waals surface area contributed by atoms with Crippen molar-refractivity contribution in [3.05, 3.63) is 167 Å². The molecule has 6 aromatic carbocycles. The molecule has 1 aliphatic heterocycles.